The van der Waals surface area contributed by atoms with Gasteiger partial charge in [-0.2, -0.15) is 0 Å². The van der Waals surface area contributed by atoms with E-state index in [1.165, 1.54) is 0 Å². The van der Waals surface area contributed by atoms with Crippen molar-refractivity contribution >= 4 is 22.8 Å². The summed E-state index contributed by atoms with van der Waals surface area (Å²) in [4.78, 5) is 40.0. The van der Waals surface area contributed by atoms with E-state index in [0.29, 0.717) is 40.6 Å². The summed E-state index contributed by atoms with van der Waals surface area (Å²) in [6.45, 7) is 1.72. The second-order valence-corrected chi connectivity index (χ2v) is 9.47. The number of carboxylic acid groups (broad SMARTS) is 1. The molecule has 204 valence electrons. The number of aliphatic carboxylic acids is 1. The lowest BCUT2D eigenvalue weighted by Gasteiger charge is -2.31. The molecule has 1 N–H and O–H groups in total. The maximum absolute atomic E-state index is 13.0. The van der Waals surface area contributed by atoms with Crippen molar-refractivity contribution < 1.29 is 38.7 Å². The van der Waals surface area contributed by atoms with Crippen LogP contribution in [-0.2, 0) is 33.1 Å². The summed E-state index contributed by atoms with van der Waals surface area (Å²) in [5.74, 6) is -0.366. The number of esters is 1. The van der Waals surface area contributed by atoms with E-state index in [1.54, 1.807) is 35.8 Å². The maximum atomic E-state index is 13.0. The average Bonchev–Trinajstić information content (AvgIpc) is 3.57. The number of carboxylic acids is 1. The molecule has 3 aliphatic heterocycles. The Kier molecular flexibility index (Phi) is 6.15. The van der Waals surface area contributed by atoms with Gasteiger partial charge in [0.15, 0.2) is 17.1 Å². The zero-order valence-corrected chi connectivity index (χ0v) is 21.3. The average molecular weight is 544 g/mol. The largest absolute Gasteiger partial charge is 0.546 e. The summed E-state index contributed by atoms with van der Waals surface area (Å²) >= 11 is 0. The number of pyridine rings is 2. The molecule has 4 aromatic rings. The number of para-hydroxylation sites is 1. The molecule has 0 amide bonds. The van der Waals surface area contributed by atoms with Gasteiger partial charge in [0.25, 0.3) is 5.56 Å². The monoisotopic (exact) mass is 543 g/mol. The number of aliphatic hydroxyl groups is 1. The number of fused-ring (bicyclic) bond motifs is 6. The third kappa shape index (κ3) is 4.20. The Labute approximate surface area is 227 Å². The molecule has 11 heteroatoms. The number of hydrogen-bond donors (Lipinski definition) is 1. The van der Waals surface area contributed by atoms with Crippen molar-refractivity contribution in [2.45, 2.75) is 32.1 Å². The minimum Gasteiger partial charge on any atom is -0.546 e. The fraction of sp³-hybridized carbons (Fsp3) is 0.241. The molecule has 0 bridgehead atoms. The molecule has 0 saturated carbocycles. The summed E-state index contributed by atoms with van der Waals surface area (Å²) in [6.07, 6.45) is 0.139. The normalized spacial score (nSPS) is 17.7. The predicted octanol–water partition coefficient (Wildman–Crippen LogP) is 1.62. The zero-order valence-electron chi connectivity index (χ0n) is 21.3. The van der Waals surface area contributed by atoms with Gasteiger partial charge in [-0.25, -0.2) is 9.78 Å². The molecule has 0 aliphatic carbocycles. The molecule has 0 spiro atoms. The van der Waals surface area contributed by atoms with Crippen molar-refractivity contribution in [2.75, 3.05) is 13.4 Å². The molecular formula is C29H23N2O9-. The second-order valence-electron chi connectivity index (χ2n) is 9.47. The van der Waals surface area contributed by atoms with Gasteiger partial charge in [-0.15, -0.1) is 0 Å². The van der Waals surface area contributed by atoms with Crippen LogP contribution < -0.4 is 24.9 Å². The van der Waals surface area contributed by atoms with Crippen LogP contribution in [0.15, 0.2) is 59.4 Å². The van der Waals surface area contributed by atoms with E-state index in [0.717, 1.165) is 22.2 Å². The van der Waals surface area contributed by atoms with Crippen molar-refractivity contribution in [3.63, 3.8) is 0 Å². The van der Waals surface area contributed by atoms with Crippen LogP contribution in [0.5, 0.6) is 17.2 Å². The van der Waals surface area contributed by atoms with E-state index in [2.05, 4.69) is 0 Å². The molecule has 0 fully saturated rings. The number of aromatic nitrogens is 2. The fourth-order valence-electron chi connectivity index (χ4n) is 5.03. The highest BCUT2D eigenvalue weighted by molar-refractivity contribution is 5.86. The van der Waals surface area contributed by atoms with E-state index in [4.69, 9.17) is 23.9 Å². The maximum Gasteiger partial charge on any atom is 0.343 e. The SMILES string of the molecule is CC[C@@]1(O)C(=O)OCc2c1cc1n(c2=O)Cc2cc3ccccc3nc2-1.O=C([O-])COc1ccc2c(c1)OCO2. The van der Waals surface area contributed by atoms with Crippen molar-refractivity contribution in [1.29, 1.82) is 0 Å². The highest BCUT2D eigenvalue weighted by Gasteiger charge is 2.45. The van der Waals surface area contributed by atoms with Crippen molar-refractivity contribution in [3.05, 3.63) is 81.6 Å². The first-order valence-corrected chi connectivity index (χ1v) is 12.6. The highest BCUT2D eigenvalue weighted by Crippen LogP contribution is 2.38. The van der Waals surface area contributed by atoms with E-state index in [9.17, 15) is 24.6 Å². The molecule has 0 radical (unpaired) electrons. The van der Waals surface area contributed by atoms with Crippen molar-refractivity contribution in [3.8, 4) is 28.6 Å². The molecular weight excluding hydrogens is 520 g/mol. The van der Waals surface area contributed by atoms with Crippen LogP contribution in [0.1, 0.15) is 30.0 Å². The number of nitrogens with zero attached hydrogens (tertiary/aromatic N) is 2. The van der Waals surface area contributed by atoms with Crippen LogP contribution >= 0.6 is 0 Å². The topological polar surface area (TPSA) is 149 Å². The van der Waals surface area contributed by atoms with Crippen LogP contribution in [-0.4, -0.2) is 40.0 Å². The number of rotatable bonds is 4. The minimum absolute atomic E-state index is 0.110. The van der Waals surface area contributed by atoms with Gasteiger partial charge in [0, 0.05) is 22.6 Å². The van der Waals surface area contributed by atoms with Gasteiger partial charge in [-0.05, 0) is 36.8 Å². The highest BCUT2D eigenvalue weighted by atomic mass is 16.7. The minimum atomic E-state index is -1.79. The Bertz CT molecular complexity index is 1750. The number of hydrogen-bond acceptors (Lipinski definition) is 10. The summed E-state index contributed by atoms with van der Waals surface area (Å²) in [6, 6.07) is 16.4. The number of carbonyl (C=O) groups is 2. The summed E-state index contributed by atoms with van der Waals surface area (Å²) < 4.78 is 21.8. The van der Waals surface area contributed by atoms with Crippen LogP contribution in [0, 0.1) is 0 Å². The standard InChI is InChI=1S/C20H16N2O4.C9H8O5/c1-2-20(25)14-8-16-17-12(7-11-5-3-4-6-15(11)21-17)9-22(16)18(23)13(14)10-26-19(20)24;10-9(11)4-12-6-1-2-7-8(3-6)14-5-13-7/h3-8,25H,2,9-10H2,1H3;1-3H,4-5H2,(H,10,11)/p-1/t20-;/m0./s1. The third-order valence-electron chi connectivity index (χ3n) is 7.12. The number of carbonyl (C=O) groups excluding carboxylic acids is 2. The van der Waals surface area contributed by atoms with E-state index in [-0.39, 0.29) is 25.4 Å². The molecule has 2 aromatic heterocycles. The van der Waals surface area contributed by atoms with Gasteiger partial charge in [0.2, 0.25) is 6.79 Å². The molecule has 11 nitrogen and oxygen atoms in total. The summed E-state index contributed by atoms with van der Waals surface area (Å²) in [7, 11) is 0. The Morgan fingerprint density at radius 1 is 1.10 bits per heavy atom. The van der Waals surface area contributed by atoms with Gasteiger partial charge in [0.1, 0.15) is 19.0 Å². The molecule has 0 unspecified atom stereocenters. The van der Waals surface area contributed by atoms with Crippen molar-refractivity contribution in [2.24, 2.45) is 0 Å². The fourth-order valence-corrected chi connectivity index (χ4v) is 5.03. The first-order valence-electron chi connectivity index (χ1n) is 12.6. The molecule has 3 aliphatic rings. The van der Waals surface area contributed by atoms with Crippen LogP contribution in [0.2, 0.25) is 0 Å². The Balaban J connectivity index is 0.000000175. The molecule has 5 heterocycles. The lowest BCUT2D eigenvalue weighted by molar-refractivity contribution is -0.307. The second kappa shape index (κ2) is 9.69. The van der Waals surface area contributed by atoms with Crippen LogP contribution in [0.25, 0.3) is 22.3 Å². The number of benzene rings is 2. The van der Waals surface area contributed by atoms with Crippen molar-refractivity contribution in [1.82, 2.24) is 9.55 Å². The smallest absolute Gasteiger partial charge is 0.343 e. The van der Waals surface area contributed by atoms with Gasteiger partial charge >= 0.3 is 5.97 Å². The van der Waals surface area contributed by atoms with E-state index in [1.807, 2.05) is 30.3 Å². The Morgan fingerprint density at radius 2 is 1.90 bits per heavy atom. The first kappa shape index (κ1) is 25.4. The lowest BCUT2D eigenvalue weighted by atomic mass is 9.86. The van der Waals surface area contributed by atoms with E-state index < -0.39 is 24.1 Å². The first-order chi connectivity index (χ1) is 19.3. The van der Waals surface area contributed by atoms with E-state index >= 15 is 0 Å². The predicted molar refractivity (Wildman–Crippen MR) is 138 cm³/mol. The van der Waals surface area contributed by atoms with Gasteiger partial charge in [-0.3, -0.25) is 4.79 Å². The van der Waals surface area contributed by atoms with Crippen LogP contribution in [0.3, 0.4) is 0 Å². The van der Waals surface area contributed by atoms with Gasteiger partial charge in [-0.1, -0.05) is 25.1 Å². The van der Waals surface area contributed by atoms with Gasteiger partial charge < -0.3 is 38.5 Å². The molecule has 0 saturated heterocycles. The number of ether oxygens (including phenoxy) is 4. The van der Waals surface area contributed by atoms with Gasteiger partial charge in [0.05, 0.1) is 35.0 Å². The number of cyclic esters (lactones) is 1. The molecule has 7 rings (SSSR count). The molecule has 40 heavy (non-hydrogen) atoms. The van der Waals surface area contributed by atoms with Crippen LogP contribution in [0.4, 0.5) is 0 Å². The lowest BCUT2D eigenvalue weighted by Crippen LogP contribution is -2.44. The summed E-state index contributed by atoms with van der Waals surface area (Å²) in [5.41, 5.74) is 1.81. The molecule has 2 aromatic carbocycles. The summed E-state index contributed by atoms with van der Waals surface area (Å²) in [5, 5.41) is 22.0. The Morgan fingerprint density at radius 3 is 2.70 bits per heavy atom. The quantitative estimate of drug-likeness (QED) is 0.331. The molecule has 1 atom stereocenters. The Hall–Kier alpha value is -4.90. The third-order valence-corrected chi connectivity index (χ3v) is 7.12. The zero-order chi connectivity index (χ0) is 28.0.